The minimum Gasteiger partial charge on any atom is -0.456 e. The van der Waals surface area contributed by atoms with Crippen LogP contribution in [0.3, 0.4) is 0 Å². The van der Waals surface area contributed by atoms with Crippen LogP contribution in [0.5, 0.6) is 23.0 Å². The topological polar surface area (TPSA) is 18.5 Å². The molecule has 0 fully saturated rings. The maximum absolute atomic E-state index is 6.63. The third-order valence-corrected chi connectivity index (χ3v) is 8.69. The summed E-state index contributed by atoms with van der Waals surface area (Å²) in [5.41, 5.74) is 4.64. The smallest absolute Gasteiger partial charge is 0.139 e. The molecule has 0 N–H and O–H groups in total. The molecule has 36 heavy (non-hydrogen) atoms. The lowest BCUT2D eigenvalue weighted by atomic mass is 9.73. The lowest BCUT2D eigenvalue weighted by Gasteiger charge is -2.36. The second kappa shape index (κ2) is 6.39. The van der Waals surface area contributed by atoms with Gasteiger partial charge in [-0.15, -0.1) is 0 Å². The number of para-hydroxylation sites is 2. The zero-order valence-corrected chi connectivity index (χ0v) is 20.9. The van der Waals surface area contributed by atoms with Gasteiger partial charge in [0.1, 0.15) is 23.0 Å². The summed E-state index contributed by atoms with van der Waals surface area (Å²) in [6.07, 6.45) is 0. The summed E-state index contributed by atoms with van der Waals surface area (Å²) in [6, 6.07) is 30.6. The van der Waals surface area contributed by atoms with E-state index in [-0.39, 0.29) is 10.8 Å². The molecule has 0 radical (unpaired) electrons. The normalized spacial score (nSPS) is 16.7. The third kappa shape index (κ3) is 2.32. The Balaban J connectivity index is 1.47. The van der Waals surface area contributed by atoms with Crippen molar-refractivity contribution in [2.24, 2.45) is 0 Å². The van der Waals surface area contributed by atoms with Gasteiger partial charge in [0.05, 0.1) is 0 Å². The van der Waals surface area contributed by atoms with Crippen LogP contribution in [-0.2, 0) is 10.8 Å². The largest absolute Gasteiger partial charge is 0.456 e. The van der Waals surface area contributed by atoms with Crippen LogP contribution in [0.1, 0.15) is 49.9 Å². The fourth-order valence-corrected chi connectivity index (χ4v) is 6.70. The molecule has 0 amide bonds. The Morgan fingerprint density at radius 3 is 1.33 bits per heavy atom. The van der Waals surface area contributed by atoms with Gasteiger partial charge in [0.2, 0.25) is 0 Å². The second-order valence-electron chi connectivity index (χ2n) is 11.4. The van der Waals surface area contributed by atoms with Crippen molar-refractivity contribution in [3.63, 3.8) is 0 Å². The summed E-state index contributed by atoms with van der Waals surface area (Å²) >= 11 is 0. The molecular weight excluding hydrogens is 440 g/mol. The average molecular weight is 467 g/mol. The van der Waals surface area contributed by atoms with Gasteiger partial charge in [-0.25, -0.2) is 0 Å². The van der Waals surface area contributed by atoms with Crippen molar-refractivity contribution in [3.8, 4) is 23.0 Å². The Kier molecular flexibility index (Phi) is 3.58. The fraction of sp³-hybridized carbons (Fsp3) is 0.176. The Morgan fingerprint density at radius 1 is 0.472 bits per heavy atom. The first-order chi connectivity index (χ1) is 17.4. The van der Waals surface area contributed by atoms with Crippen LogP contribution in [0, 0.1) is 0 Å². The van der Waals surface area contributed by atoms with E-state index in [1.165, 1.54) is 54.6 Å². The Morgan fingerprint density at radius 2 is 0.889 bits per heavy atom. The van der Waals surface area contributed by atoms with E-state index in [1.807, 2.05) is 0 Å². The molecule has 6 aromatic rings. The number of fused-ring (bicyclic) bond motifs is 6. The molecule has 6 aromatic carbocycles. The quantitative estimate of drug-likeness (QED) is 0.208. The number of hydrogen-bond acceptors (Lipinski definition) is 2. The molecule has 8 rings (SSSR count). The molecular formula is C34H26O2. The second-order valence-corrected chi connectivity index (χ2v) is 11.4. The van der Waals surface area contributed by atoms with E-state index >= 15 is 0 Å². The molecule has 2 heteroatoms. The van der Waals surface area contributed by atoms with Crippen molar-refractivity contribution in [1.82, 2.24) is 0 Å². The number of rotatable bonds is 0. The molecule has 0 saturated heterocycles. The lowest BCUT2D eigenvalue weighted by Crippen LogP contribution is -2.25. The maximum Gasteiger partial charge on any atom is 0.139 e. The van der Waals surface area contributed by atoms with Gasteiger partial charge >= 0.3 is 0 Å². The van der Waals surface area contributed by atoms with Gasteiger partial charge in [-0.1, -0.05) is 76.2 Å². The number of ether oxygens (including phenoxy) is 2. The molecule has 0 bridgehead atoms. The van der Waals surface area contributed by atoms with Crippen molar-refractivity contribution in [2.45, 2.75) is 38.5 Å². The maximum atomic E-state index is 6.63. The summed E-state index contributed by atoms with van der Waals surface area (Å²) in [4.78, 5) is 0. The van der Waals surface area contributed by atoms with Crippen molar-refractivity contribution in [3.05, 3.63) is 107 Å². The monoisotopic (exact) mass is 466 g/mol. The van der Waals surface area contributed by atoms with E-state index in [2.05, 4.69) is 113 Å². The van der Waals surface area contributed by atoms with E-state index < -0.39 is 0 Å². The van der Waals surface area contributed by atoms with Crippen LogP contribution in [0.2, 0.25) is 0 Å². The Hall–Kier alpha value is -4.04. The first-order valence-corrected chi connectivity index (χ1v) is 12.7. The van der Waals surface area contributed by atoms with Crippen LogP contribution in [0.25, 0.3) is 32.3 Å². The summed E-state index contributed by atoms with van der Waals surface area (Å²) in [5, 5.41) is 7.32. The molecule has 2 heterocycles. The minimum atomic E-state index is -0.148. The van der Waals surface area contributed by atoms with E-state index in [4.69, 9.17) is 9.47 Å². The van der Waals surface area contributed by atoms with Crippen molar-refractivity contribution >= 4 is 32.3 Å². The van der Waals surface area contributed by atoms with Crippen molar-refractivity contribution < 1.29 is 9.47 Å². The Labute approximate surface area is 210 Å². The van der Waals surface area contributed by atoms with E-state index in [1.54, 1.807) is 0 Å². The molecule has 2 nitrogen and oxygen atoms in total. The van der Waals surface area contributed by atoms with Crippen LogP contribution in [0.15, 0.2) is 84.9 Å². The van der Waals surface area contributed by atoms with Crippen LogP contribution < -0.4 is 9.47 Å². The summed E-state index contributed by atoms with van der Waals surface area (Å²) in [7, 11) is 0. The molecule has 2 aliphatic rings. The predicted molar refractivity (Wildman–Crippen MR) is 147 cm³/mol. The first-order valence-electron chi connectivity index (χ1n) is 12.7. The summed E-state index contributed by atoms with van der Waals surface area (Å²) in [5.74, 6) is 3.85. The SMILES string of the molecule is CC1(C)c2ccccc2Oc2c1cc1ccc3c4c(cc5ccc2c1c53)C(C)(C)c1ccccc1O4. The van der Waals surface area contributed by atoms with Crippen LogP contribution in [-0.4, -0.2) is 0 Å². The van der Waals surface area contributed by atoms with Gasteiger partial charge < -0.3 is 9.47 Å². The zero-order chi connectivity index (χ0) is 24.4. The molecule has 0 unspecified atom stereocenters. The fourth-order valence-electron chi connectivity index (χ4n) is 6.70. The van der Waals surface area contributed by atoms with Gasteiger partial charge in [-0.2, -0.15) is 0 Å². The molecule has 0 aliphatic carbocycles. The molecule has 0 aromatic heterocycles. The molecule has 0 saturated carbocycles. The van der Waals surface area contributed by atoms with Gasteiger partial charge in [0.15, 0.2) is 0 Å². The molecule has 2 aliphatic heterocycles. The average Bonchev–Trinajstić information content (AvgIpc) is 2.88. The molecule has 0 spiro atoms. The predicted octanol–water partition coefficient (Wildman–Crippen LogP) is 9.45. The van der Waals surface area contributed by atoms with Crippen LogP contribution >= 0.6 is 0 Å². The number of benzene rings is 6. The van der Waals surface area contributed by atoms with Gasteiger partial charge in [0, 0.05) is 54.6 Å². The highest BCUT2D eigenvalue weighted by Gasteiger charge is 2.38. The van der Waals surface area contributed by atoms with Gasteiger partial charge in [0.25, 0.3) is 0 Å². The standard InChI is InChI=1S/C34H26O2/c1-33(2)23-9-5-7-11-27(23)35-31-21-15-14-20-18-26-32(36-28-12-8-6-10-24(28)34(26,3)4)22-16-13-19(17-25(31)33)29(21)30(20)22/h5-18H,1-4H3. The lowest BCUT2D eigenvalue weighted by molar-refractivity contribution is 0.422. The highest BCUT2D eigenvalue weighted by molar-refractivity contribution is 6.26. The van der Waals surface area contributed by atoms with Crippen LogP contribution in [0.4, 0.5) is 0 Å². The molecule has 0 atom stereocenters. The zero-order valence-electron chi connectivity index (χ0n) is 20.9. The van der Waals surface area contributed by atoms with Gasteiger partial charge in [-0.05, 0) is 47.2 Å². The first kappa shape index (κ1) is 20.2. The third-order valence-electron chi connectivity index (χ3n) is 8.69. The minimum absolute atomic E-state index is 0.148. The van der Waals surface area contributed by atoms with E-state index in [0.29, 0.717) is 0 Å². The summed E-state index contributed by atoms with van der Waals surface area (Å²) < 4.78 is 13.3. The molecule has 174 valence electrons. The van der Waals surface area contributed by atoms with Gasteiger partial charge in [-0.3, -0.25) is 0 Å². The van der Waals surface area contributed by atoms with Crippen molar-refractivity contribution in [1.29, 1.82) is 0 Å². The summed E-state index contributed by atoms with van der Waals surface area (Å²) in [6.45, 7) is 9.20. The highest BCUT2D eigenvalue weighted by atomic mass is 16.5. The highest BCUT2D eigenvalue weighted by Crippen LogP contribution is 2.56. The Bertz CT molecular complexity index is 1750. The van der Waals surface area contributed by atoms with Crippen molar-refractivity contribution in [2.75, 3.05) is 0 Å². The van der Waals surface area contributed by atoms with E-state index in [9.17, 15) is 0 Å². The van der Waals surface area contributed by atoms with E-state index in [0.717, 1.165) is 23.0 Å². The number of hydrogen-bond donors (Lipinski definition) is 0.